The summed E-state index contributed by atoms with van der Waals surface area (Å²) in [6.07, 6.45) is 14.3. The minimum absolute atomic E-state index is 0.110. The molecule has 1 saturated carbocycles. The van der Waals surface area contributed by atoms with Crippen molar-refractivity contribution in [1.82, 2.24) is 0 Å². The maximum Gasteiger partial charge on any atom is 0.305 e. The number of hydrogen-bond acceptors (Lipinski definition) is 4. The molecule has 1 fully saturated rings. The first-order valence-electron chi connectivity index (χ1n) is 11.0. The van der Waals surface area contributed by atoms with Gasteiger partial charge in [0.15, 0.2) is 5.78 Å². The lowest BCUT2D eigenvalue weighted by Gasteiger charge is -2.16. The quantitative estimate of drug-likeness (QED) is 0.252. The van der Waals surface area contributed by atoms with Crippen LogP contribution in [0.4, 0.5) is 0 Å². The van der Waals surface area contributed by atoms with Gasteiger partial charge in [0.25, 0.3) is 0 Å². The van der Waals surface area contributed by atoms with E-state index in [1.165, 1.54) is 45.6 Å². The fourth-order valence-electron chi connectivity index (χ4n) is 4.30. The molecule has 0 amide bonds. The highest BCUT2D eigenvalue weighted by Crippen LogP contribution is 2.36. The van der Waals surface area contributed by atoms with Gasteiger partial charge < -0.3 is 9.47 Å². The van der Waals surface area contributed by atoms with E-state index >= 15 is 0 Å². The Morgan fingerprint density at radius 3 is 2.66 bits per heavy atom. The standard InChI is InChI=1S/C25H36O4/c1-28-19-21-10-7-9-20(17-21)18-24(26)16-15-23-13-8-12-22(23)11-5-3-4-6-14-25(27)29-2/h7,9-10,15-17,22-23H,3-6,8,11-14,18-19H2,1-2H3/b16-15+/t22-,23?/m0/s1. The topological polar surface area (TPSA) is 52.6 Å². The lowest BCUT2D eigenvalue weighted by Crippen LogP contribution is -2.07. The summed E-state index contributed by atoms with van der Waals surface area (Å²) in [5.74, 6) is 1.30. The monoisotopic (exact) mass is 400 g/mol. The predicted molar refractivity (Wildman–Crippen MR) is 116 cm³/mol. The van der Waals surface area contributed by atoms with Gasteiger partial charge in [0.1, 0.15) is 0 Å². The minimum atomic E-state index is -0.110. The Kier molecular flexibility index (Phi) is 10.7. The molecule has 0 heterocycles. The van der Waals surface area contributed by atoms with Crippen molar-refractivity contribution in [3.8, 4) is 0 Å². The Morgan fingerprint density at radius 2 is 1.86 bits per heavy atom. The summed E-state index contributed by atoms with van der Waals surface area (Å²) in [5, 5.41) is 0. The van der Waals surface area contributed by atoms with E-state index in [2.05, 4.69) is 10.8 Å². The molecule has 1 aliphatic carbocycles. The highest BCUT2D eigenvalue weighted by Gasteiger charge is 2.24. The largest absolute Gasteiger partial charge is 0.469 e. The van der Waals surface area contributed by atoms with Crippen molar-refractivity contribution in [2.24, 2.45) is 11.8 Å². The first-order chi connectivity index (χ1) is 14.1. The van der Waals surface area contributed by atoms with E-state index < -0.39 is 0 Å². The van der Waals surface area contributed by atoms with Crippen LogP contribution in [-0.2, 0) is 32.1 Å². The molecule has 29 heavy (non-hydrogen) atoms. The van der Waals surface area contributed by atoms with Crippen LogP contribution in [0.25, 0.3) is 0 Å². The number of rotatable bonds is 13. The normalized spacial score (nSPS) is 19.0. The Morgan fingerprint density at radius 1 is 1.07 bits per heavy atom. The Hall–Kier alpha value is -1.94. The molecule has 1 aromatic carbocycles. The molecule has 1 aromatic rings. The number of ketones is 1. The molecule has 4 nitrogen and oxygen atoms in total. The molecular weight excluding hydrogens is 364 g/mol. The summed E-state index contributed by atoms with van der Waals surface area (Å²) in [6.45, 7) is 0.574. The fraction of sp³-hybridized carbons (Fsp3) is 0.600. The van der Waals surface area contributed by atoms with Gasteiger partial charge in [0, 0.05) is 20.0 Å². The van der Waals surface area contributed by atoms with Crippen molar-refractivity contribution in [2.75, 3.05) is 14.2 Å². The van der Waals surface area contributed by atoms with E-state index in [0.717, 1.165) is 24.0 Å². The van der Waals surface area contributed by atoms with Gasteiger partial charge >= 0.3 is 5.97 Å². The number of methoxy groups -OCH3 is 2. The number of unbranched alkanes of at least 4 members (excludes halogenated alkanes) is 3. The van der Waals surface area contributed by atoms with Crippen molar-refractivity contribution in [3.05, 3.63) is 47.5 Å². The molecule has 1 aliphatic rings. The van der Waals surface area contributed by atoms with Gasteiger partial charge in [-0.25, -0.2) is 0 Å². The van der Waals surface area contributed by atoms with Gasteiger partial charge in [0.2, 0.25) is 0 Å². The molecule has 2 atom stereocenters. The lowest BCUT2D eigenvalue weighted by molar-refractivity contribution is -0.140. The van der Waals surface area contributed by atoms with Gasteiger partial charge in [-0.15, -0.1) is 0 Å². The number of esters is 1. The Bertz CT molecular complexity index is 665. The summed E-state index contributed by atoms with van der Waals surface area (Å²) in [6, 6.07) is 8.06. The second-order valence-electron chi connectivity index (χ2n) is 8.14. The average Bonchev–Trinajstić information content (AvgIpc) is 3.16. The summed E-state index contributed by atoms with van der Waals surface area (Å²) >= 11 is 0. The highest BCUT2D eigenvalue weighted by molar-refractivity contribution is 5.91. The third-order valence-electron chi connectivity index (χ3n) is 5.86. The zero-order valence-electron chi connectivity index (χ0n) is 18.0. The summed E-state index contributed by atoms with van der Waals surface area (Å²) in [5.41, 5.74) is 2.15. The zero-order chi connectivity index (χ0) is 20.9. The Labute approximate surface area is 175 Å². The van der Waals surface area contributed by atoms with E-state index in [1.807, 2.05) is 30.3 Å². The predicted octanol–water partition coefficient (Wildman–Crippen LogP) is 5.43. The van der Waals surface area contributed by atoms with Crippen molar-refractivity contribution >= 4 is 11.8 Å². The molecule has 2 rings (SSSR count). The second kappa shape index (κ2) is 13.3. The molecule has 0 radical (unpaired) electrons. The van der Waals surface area contributed by atoms with Crippen molar-refractivity contribution in [2.45, 2.75) is 70.8 Å². The van der Waals surface area contributed by atoms with Gasteiger partial charge in [0.05, 0.1) is 13.7 Å². The number of allylic oxidation sites excluding steroid dienone is 2. The number of hydrogen-bond donors (Lipinski definition) is 0. The third-order valence-corrected chi connectivity index (χ3v) is 5.86. The third kappa shape index (κ3) is 8.95. The van der Waals surface area contributed by atoms with Gasteiger partial charge in [-0.3, -0.25) is 9.59 Å². The van der Waals surface area contributed by atoms with Crippen LogP contribution in [0.2, 0.25) is 0 Å². The number of carbonyl (C=O) groups is 2. The van der Waals surface area contributed by atoms with E-state index in [-0.39, 0.29) is 11.8 Å². The van der Waals surface area contributed by atoms with Crippen molar-refractivity contribution in [1.29, 1.82) is 0 Å². The van der Waals surface area contributed by atoms with Crippen LogP contribution in [0.5, 0.6) is 0 Å². The molecule has 0 saturated heterocycles. The van der Waals surface area contributed by atoms with E-state index in [1.54, 1.807) is 7.11 Å². The van der Waals surface area contributed by atoms with Crippen molar-refractivity contribution in [3.63, 3.8) is 0 Å². The van der Waals surface area contributed by atoms with Crippen LogP contribution in [0.1, 0.15) is 68.9 Å². The van der Waals surface area contributed by atoms with Crippen LogP contribution in [-0.4, -0.2) is 26.0 Å². The van der Waals surface area contributed by atoms with Gasteiger partial charge in [-0.1, -0.05) is 56.0 Å². The van der Waals surface area contributed by atoms with Crippen LogP contribution in [0.15, 0.2) is 36.4 Å². The van der Waals surface area contributed by atoms with Gasteiger partial charge in [-0.05, 0) is 54.7 Å². The maximum absolute atomic E-state index is 12.4. The molecule has 160 valence electrons. The second-order valence-corrected chi connectivity index (χ2v) is 8.14. The highest BCUT2D eigenvalue weighted by atomic mass is 16.5. The van der Waals surface area contributed by atoms with Crippen LogP contribution in [0, 0.1) is 11.8 Å². The van der Waals surface area contributed by atoms with Gasteiger partial charge in [-0.2, -0.15) is 0 Å². The molecule has 0 aromatic heterocycles. The lowest BCUT2D eigenvalue weighted by atomic mass is 9.90. The summed E-state index contributed by atoms with van der Waals surface area (Å²) in [4.78, 5) is 23.5. The average molecular weight is 401 g/mol. The molecule has 0 N–H and O–H groups in total. The van der Waals surface area contributed by atoms with Crippen LogP contribution in [0.3, 0.4) is 0 Å². The first kappa shape index (κ1) is 23.3. The van der Waals surface area contributed by atoms with E-state index in [9.17, 15) is 9.59 Å². The zero-order valence-corrected chi connectivity index (χ0v) is 18.0. The maximum atomic E-state index is 12.4. The number of benzene rings is 1. The smallest absolute Gasteiger partial charge is 0.305 e. The van der Waals surface area contributed by atoms with E-state index in [0.29, 0.717) is 31.3 Å². The number of carbonyl (C=O) groups excluding carboxylic acids is 2. The summed E-state index contributed by atoms with van der Waals surface area (Å²) in [7, 11) is 3.13. The first-order valence-corrected chi connectivity index (χ1v) is 11.0. The van der Waals surface area contributed by atoms with E-state index in [4.69, 9.17) is 4.74 Å². The molecule has 1 unspecified atom stereocenters. The fourth-order valence-corrected chi connectivity index (χ4v) is 4.30. The Balaban J connectivity index is 1.70. The molecule has 0 spiro atoms. The molecule has 4 heteroatoms. The number of ether oxygens (including phenoxy) is 2. The molecule has 0 bridgehead atoms. The molecular formula is C25H36O4. The van der Waals surface area contributed by atoms with Crippen LogP contribution >= 0.6 is 0 Å². The molecule has 0 aliphatic heterocycles. The minimum Gasteiger partial charge on any atom is -0.469 e. The summed E-state index contributed by atoms with van der Waals surface area (Å²) < 4.78 is 9.84. The SMILES string of the molecule is COCc1cccc(CC(=O)/C=C/C2CCC[C@@H]2CCCCCCC(=O)OC)c1. The van der Waals surface area contributed by atoms with Crippen molar-refractivity contribution < 1.29 is 19.1 Å². The van der Waals surface area contributed by atoms with Crippen LogP contribution < -0.4 is 0 Å².